The summed E-state index contributed by atoms with van der Waals surface area (Å²) < 4.78 is 5.50. The molecule has 0 saturated carbocycles. The van der Waals surface area contributed by atoms with Crippen LogP contribution in [0.3, 0.4) is 0 Å². The minimum absolute atomic E-state index is 0.580. The summed E-state index contributed by atoms with van der Waals surface area (Å²) in [5, 5.41) is 3.72. The maximum atomic E-state index is 5.50. The molecule has 3 heteroatoms. The highest BCUT2D eigenvalue weighted by atomic mass is 16.5. The van der Waals surface area contributed by atoms with Crippen LogP contribution in [0.25, 0.3) is 0 Å². The van der Waals surface area contributed by atoms with Gasteiger partial charge in [0.25, 0.3) is 0 Å². The molecule has 0 amide bonds. The topological polar surface area (TPSA) is 24.5 Å². The van der Waals surface area contributed by atoms with E-state index in [-0.39, 0.29) is 0 Å². The van der Waals surface area contributed by atoms with E-state index < -0.39 is 0 Å². The molecule has 2 unspecified atom stereocenters. The summed E-state index contributed by atoms with van der Waals surface area (Å²) >= 11 is 0. The molecule has 104 valence electrons. The summed E-state index contributed by atoms with van der Waals surface area (Å²) in [5.41, 5.74) is 2.39. The number of hydrogen-bond donors (Lipinski definition) is 1. The second kappa shape index (κ2) is 5.41. The molecule has 2 fully saturated rings. The van der Waals surface area contributed by atoms with Gasteiger partial charge in [-0.25, -0.2) is 0 Å². The highest BCUT2D eigenvalue weighted by Gasteiger charge is 2.35. The molecule has 1 N–H and O–H groups in total. The van der Waals surface area contributed by atoms with Crippen molar-refractivity contribution in [2.75, 3.05) is 25.5 Å². The lowest BCUT2D eigenvalue weighted by atomic mass is 9.98. The summed E-state index contributed by atoms with van der Waals surface area (Å²) in [5.74, 6) is 0.967. The molecule has 0 radical (unpaired) electrons. The predicted molar refractivity (Wildman–Crippen MR) is 79.0 cm³/mol. The van der Waals surface area contributed by atoms with E-state index in [1.165, 1.54) is 44.3 Å². The number of piperidine rings is 1. The summed E-state index contributed by atoms with van der Waals surface area (Å²) in [4.78, 5) is 2.65. The van der Waals surface area contributed by atoms with Gasteiger partial charge in [0.1, 0.15) is 5.75 Å². The van der Waals surface area contributed by atoms with Crippen molar-refractivity contribution in [2.24, 2.45) is 0 Å². The van der Waals surface area contributed by atoms with Gasteiger partial charge in [-0.05, 0) is 50.4 Å². The van der Waals surface area contributed by atoms with Crippen LogP contribution in [0.5, 0.6) is 5.75 Å². The molecule has 1 aromatic rings. The largest absolute Gasteiger partial charge is 0.495 e. The molecule has 0 bridgehead atoms. The number of rotatable bonds is 3. The Bertz CT molecular complexity index is 446. The van der Waals surface area contributed by atoms with Crippen molar-refractivity contribution < 1.29 is 4.74 Å². The lowest BCUT2D eigenvalue weighted by Crippen LogP contribution is -2.41. The minimum atomic E-state index is 0.580. The molecule has 2 aliphatic rings. The van der Waals surface area contributed by atoms with Crippen LogP contribution in [0, 0.1) is 6.92 Å². The average molecular weight is 260 g/mol. The van der Waals surface area contributed by atoms with Gasteiger partial charge in [-0.15, -0.1) is 0 Å². The van der Waals surface area contributed by atoms with E-state index >= 15 is 0 Å². The van der Waals surface area contributed by atoms with Gasteiger partial charge in [-0.3, -0.25) is 4.90 Å². The van der Waals surface area contributed by atoms with E-state index in [1.54, 1.807) is 7.11 Å². The van der Waals surface area contributed by atoms with Crippen molar-refractivity contribution in [3.8, 4) is 5.75 Å². The summed E-state index contributed by atoms with van der Waals surface area (Å²) in [6.07, 6.45) is 5.34. The zero-order chi connectivity index (χ0) is 13.2. The monoisotopic (exact) mass is 260 g/mol. The maximum absolute atomic E-state index is 5.50. The Kier molecular flexibility index (Phi) is 3.65. The van der Waals surface area contributed by atoms with Gasteiger partial charge in [0.15, 0.2) is 0 Å². The number of aryl methyl sites for hydroxylation is 1. The van der Waals surface area contributed by atoms with E-state index in [0.717, 1.165) is 17.5 Å². The zero-order valence-corrected chi connectivity index (χ0v) is 12.0. The zero-order valence-electron chi connectivity index (χ0n) is 12.0. The normalized spacial score (nSPS) is 27.1. The Morgan fingerprint density at radius 2 is 2.11 bits per heavy atom. The van der Waals surface area contributed by atoms with Gasteiger partial charge >= 0.3 is 0 Å². The van der Waals surface area contributed by atoms with Crippen LogP contribution in [0.4, 0.5) is 5.69 Å². The van der Waals surface area contributed by atoms with Crippen LogP contribution in [0.1, 0.15) is 31.2 Å². The lowest BCUT2D eigenvalue weighted by molar-refractivity contribution is 0.192. The molecule has 2 aliphatic heterocycles. The van der Waals surface area contributed by atoms with Crippen LogP contribution in [0.2, 0.25) is 0 Å². The SMILES string of the molecule is COc1cc(C)ccc1NC1CCN2CCCCC12. The number of hydrogen-bond acceptors (Lipinski definition) is 3. The van der Waals surface area contributed by atoms with Crippen LogP contribution in [0.15, 0.2) is 18.2 Å². The number of anilines is 1. The van der Waals surface area contributed by atoms with Crippen molar-refractivity contribution in [3.63, 3.8) is 0 Å². The van der Waals surface area contributed by atoms with Crippen LogP contribution < -0.4 is 10.1 Å². The molecule has 0 aliphatic carbocycles. The number of nitrogens with zero attached hydrogens (tertiary/aromatic N) is 1. The molecule has 2 saturated heterocycles. The first-order chi connectivity index (χ1) is 9.28. The van der Waals surface area contributed by atoms with Gasteiger partial charge < -0.3 is 10.1 Å². The van der Waals surface area contributed by atoms with Crippen molar-refractivity contribution in [3.05, 3.63) is 23.8 Å². The second-order valence-electron chi connectivity index (χ2n) is 5.84. The average Bonchev–Trinajstić information content (AvgIpc) is 2.84. The molecule has 2 atom stereocenters. The number of fused-ring (bicyclic) bond motifs is 1. The fourth-order valence-corrected chi connectivity index (χ4v) is 3.53. The fraction of sp³-hybridized carbons (Fsp3) is 0.625. The molecule has 0 spiro atoms. The van der Waals surface area contributed by atoms with Crippen LogP contribution in [-0.2, 0) is 0 Å². The lowest BCUT2D eigenvalue weighted by Gasteiger charge is -2.33. The number of methoxy groups -OCH3 is 1. The van der Waals surface area contributed by atoms with Gasteiger partial charge in [0, 0.05) is 18.6 Å². The first-order valence-electron chi connectivity index (χ1n) is 7.43. The summed E-state index contributed by atoms with van der Waals surface area (Å²) in [7, 11) is 1.75. The molecule has 19 heavy (non-hydrogen) atoms. The van der Waals surface area contributed by atoms with Gasteiger partial charge in [0.05, 0.1) is 12.8 Å². The Morgan fingerprint density at radius 1 is 1.21 bits per heavy atom. The third-order valence-electron chi connectivity index (χ3n) is 4.55. The highest BCUT2D eigenvalue weighted by molar-refractivity contribution is 5.58. The summed E-state index contributed by atoms with van der Waals surface area (Å²) in [6.45, 7) is 4.63. The van der Waals surface area contributed by atoms with E-state index in [2.05, 4.69) is 35.3 Å². The Hall–Kier alpha value is -1.22. The van der Waals surface area contributed by atoms with Crippen molar-refractivity contribution in [1.82, 2.24) is 4.90 Å². The van der Waals surface area contributed by atoms with E-state index in [4.69, 9.17) is 4.74 Å². The molecule has 2 heterocycles. The molecular weight excluding hydrogens is 236 g/mol. The number of benzene rings is 1. The number of ether oxygens (including phenoxy) is 1. The Labute approximate surface area is 115 Å². The molecule has 3 nitrogen and oxygen atoms in total. The quantitative estimate of drug-likeness (QED) is 0.904. The first-order valence-corrected chi connectivity index (χ1v) is 7.43. The Balaban J connectivity index is 1.74. The van der Waals surface area contributed by atoms with Gasteiger partial charge in [-0.2, -0.15) is 0 Å². The molecule has 1 aromatic carbocycles. The third kappa shape index (κ3) is 2.57. The third-order valence-corrected chi connectivity index (χ3v) is 4.55. The standard InChI is InChI=1S/C16H24N2O/c1-12-6-7-14(16(11-12)19-2)17-13-8-10-18-9-4-3-5-15(13)18/h6-7,11,13,15,17H,3-5,8-10H2,1-2H3. The first kappa shape index (κ1) is 12.8. The smallest absolute Gasteiger partial charge is 0.142 e. The predicted octanol–water partition coefficient (Wildman–Crippen LogP) is 3.04. The highest BCUT2D eigenvalue weighted by Crippen LogP contribution is 2.32. The van der Waals surface area contributed by atoms with E-state index in [1.807, 2.05) is 0 Å². The van der Waals surface area contributed by atoms with Crippen LogP contribution >= 0.6 is 0 Å². The fourth-order valence-electron chi connectivity index (χ4n) is 3.53. The molecular formula is C16H24N2O. The summed E-state index contributed by atoms with van der Waals surface area (Å²) in [6, 6.07) is 7.71. The molecule has 3 rings (SSSR count). The Morgan fingerprint density at radius 3 is 2.95 bits per heavy atom. The van der Waals surface area contributed by atoms with Gasteiger partial charge in [-0.1, -0.05) is 12.5 Å². The van der Waals surface area contributed by atoms with Gasteiger partial charge in [0.2, 0.25) is 0 Å². The van der Waals surface area contributed by atoms with E-state index in [0.29, 0.717) is 6.04 Å². The molecule has 0 aromatic heterocycles. The van der Waals surface area contributed by atoms with Crippen LogP contribution in [-0.4, -0.2) is 37.2 Å². The second-order valence-corrected chi connectivity index (χ2v) is 5.84. The number of nitrogens with one attached hydrogen (secondary N) is 1. The van der Waals surface area contributed by atoms with Crippen molar-refractivity contribution in [1.29, 1.82) is 0 Å². The van der Waals surface area contributed by atoms with Crippen molar-refractivity contribution in [2.45, 2.75) is 44.7 Å². The van der Waals surface area contributed by atoms with Crippen molar-refractivity contribution >= 4 is 5.69 Å². The maximum Gasteiger partial charge on any atom is 0.142 e. The van der Waals surface area contributed by atoms with E-state index in [9.17, 15) is 0 Å². The minimum Gasteiger partial charge on any atom is -0.495 e.